The van der Waals surface area contributed by atoms with Gasteiger partial charge in [-0.3, -0.25) is 14.4 Å². The molecule has 0 radical (unpaired) electrons. The van der Waals surface area contributed by atoms with Crippen LogP contribution < -0.4 is 9.64 Å². The molecule has 3 heterocycles. The molecule has 236 valence electrons. The second kappa shape index (κ2) is 14.7. The monoisotopic (exact) mass is 675 g/mol. The first-order chi connectivity index (χ1) is 20.7. The molecule has 0 aliphatic carbocycles. The Morgan fingerprint density at radius 1 is 1.16 bits per heavy atom. The molecule has 3 aliphatic heterocycles. The van der Waals surface area contributed by atoms with Crippen LogP contribution in [-0.4, -0.2) is 92.4 Å². The summed E-state index contributed by atoms with van der Waals surface area (Å²) >= 11 is 5.49. The van der Waals surface area contributed by atoms with E-state index in [2.05, 4.69) is 36.0 Å². The van der Waals surface area contributed by atoms with Gasteiger partial charge in [-0.15, -0.1) is 24.9 Å². The molecule has 2 bridgehead atoms. The molecule has 3 unspecified atom stereocenters. The van der Waals surface area contributed by atoms with E-state index in [0.29, 0.717) is 44.0 Å². The highest BCUT2D eigenvalue weighted by molar-refractivity contribution is 9.09. The van der Waals surface area contributed by atoms with E-state index in [9.17, 15) is 19.5 Å². The minimum Gasteiger partial charge on any atom is -0.494 e. The van der Waals surface area contributed by atoms with Crippen LogP contribution in [-0.2, 0) is 14.4 Å². The first kappa shape index (κ1) is 33.6. The molecule has 0 aromatic heterocycles. The average molecular weight is 677 g/mol. The predicted molar refractivity (Wildman–Crippen MR) is 177 cm³/mol. The molecule has 43 heavy (non-hydrogen) atoms. The average Bonchev–Trinajstić information content (AvgIpc) is 3.60. The fourth-order valence-corrected chi connectivity index (χ4v) is 10.7. The van der Waals surface area contributed by atoms with Crippen molar-refractivity contribution in [3.8, 4) is 5.75 Å². The number of carbonyl (C=O) groups is 3. The van der Waals surface area contributed by atoms with Crippen LogP contribution in [0.5, 0.6) is 5.75 Å². The van der Waals surface area contributed by atoms with Gasteiger partial charge in [0.1, 0.15) is 11.8 Å². The number of aliphatic hydroxyl groups excluding tert-OH is 1. The Hall–Kier alpha value is -2.30. The molecule has 3 amide bonds. The number of rotatable bonds is 16. The van der Waals surface area contributed by atoms with Gasteiger partial charge < -0.3 is 24.5 Å². The van der Waals surface area contributed by atoms with E-state index in [1.165, 1.54) is 0 Å². The van der Waals surface area contributed by atoms with Gasteiger partial charge in [0.05, 0.1) is 35.8 Å². The number of halogens is 1. The van der Waals surface area contributed by atoms with Crippen molar-refractivity contribution in [1.82, 2.24) is 9.80 Å². The minimum atomic E-state index is -0.779. The lowest BCUT2D eigenvalue weighted by molar-refractivity contribution is -0.145. The maximum Gasteiger partial charge on any atom is 0.247 e. The minimum absolute atomic E-state index is 0.0428. The van der Waals surface area contributed by atoms with Crippen molar-refractivity contribution in [3.05, 3.63) is 49.6 Å². The number of hydrogen-bond donors (Lipinski definition) is 1. The van der Waals surface area contributed by atoms with Crippen LogP contribution in [0, 0.1) is 11.8 Å². The lowest BCUT2D eigenvalue weighted by Gasteiger charge is -2.40. The number of nitrogens with zero attached hydrogens (tertiary/aromatic N) is 3. The summed E-state index contributed by atoms with van der Waals surface area (Å²) in [6.07, 6.45) is 7.41. The van der Waals surface area contributed by atoms with Crippen LogP contribution >= 0.6 is 27.7 Å². The summed E-state index contributed by atoms with van der Waals surface area (Å²) in [7, 11) is 0. The Kier molecular flexibility index (Phi) is 11.4. The Morgan fingerprint density at radius 3 is 2.44 bits per heavy atom. The maximum absolute atomic E-state index is 14.6. The molecule has 3 aliphatic rings. The van der Waals surface area contributed by atoms with Crippen LogP contribution in [0.25, 0.3) is 0 Å². The largest absolute Gasteiger partial charge is 0.494 e. The Balaban J connectivity index is 1.76. The quantitative estimate of drug-likeness (QED) is 0.150. The van der Waals surface area contributed by atoms with Crippen molar-refractivity contribution in [3.63, 3.8) is 0 Å². The summed E-state index contributed by atoms with van der Waals surface area (Å²) < 4.78 is 4.82. The Bertz CT molecular complexity index is 1180. The van der Waals surface area contributed by atoms with Crippen LogP contribution in [0.3, 0.4) is 0 Å². The van der Waals surface area contributed by atoms with E-state index in [0.717, 1.165) is 19.3 Å². The number of anilines is 1. The van der Waals surface area contributed by atoms with Crippen LogP contribution in [0.1, 0.15) is 52.9 Å². The lowest BCUT2D eigenvalue weighted by Crippen LogP contribution is -2.58. The molecule has 3 fully saturated rings. The number of carbonyl (C=O) groups excluding carboxylic acids is 3. The highest BCUT2D eigenvalue weighted by atomic mass is 79.9. The van der Waals surface area contributed by atoms with Gasteiger partial charge in [-0.1, -0.05) is 54.8 Å². The third-order valence-corrected chi connectivity index (χ3v) is 12.3. The van der Waals surface area contributed by atoms with Crippen molar-refractivity contribution >= 4 is 51.1 Å². The van der Waals surface area contributed by atoms with E-state index in [4.69, 9.17) is 4.74 Å². The van der Waals surface area contributed by atoms with Crippen molar-refractivity contribution in [1.29, 1.82) is 0 Å². The first-order valence-corrected chi connectivity index (χ1v) is 17.3. The Labute approximate surface area is 269 Å². The number of unbranched alkanes of at least 4 members (excludes halogenated alkanes) is 2. The van der Waals surface area contributed by atoms with Gasteiger partial charge in [-0.2, -0.15) is 0 Å². The van der Waals surface area contributed by atoms with Crippen molar-refractivity contribution < 1.29 is 24.2 Å². The van der Waals surface area contributed by atoms with Gasteiger partial charge in [-0.05, 0) is 50.5 Å². The van der Waals surface area contributed by atoms with Crippen molar-refractivity contribution in [2.75, 3.05) is 37.7 Å². The second-order valence-electron chi connectivity index (χ2n) is 11.6. The molecule has 10 heteroatoms. The fraction of sp³-hybridized carbons (Fsp3) is 0.606. The first-order valence-electron chi connectivity index (χ1n) is 15.5. The predicted octanol–water partition coefficient (Wildman–Crippen LogP) is 5.04. The molecule has 1 spiro atoms. The van der Waals surface area contributed by atoms with Crippen molar-refractivity contribution in [2.24, 2.45) is 11.8 Å². The van der Waals surface area contributed by atoms with Gasteiger partial charge in [0, 0.05) is 35.4 Å². The third-order valence-electron chi connectivity index (χ3n) is 9.05. The lowest BCUT2D eigenvalue weighted by atomic mass is 9.70. The van der Waals surface area contributed by atoms with Crippen LogP contribution in [0.4, 0.5) is 5.69 Å². The molecule has 3 saturated heterocycles. The fourth-order valence-electron chi connectivity index (χ4n) is 7.13. The molecular weight excluding hydrogens is 630 g/mol. The van der Waals surface area contributed by atoms with Gasteiger partial charge in [0.25, 0.3) is 0 Å². The molecule has 7 atom stereocenters. The summed E-state index contributed by atoms with van der Waals surface area (Å²) in [6, 6.07) is 6.10. The standard InChI is InChI=1S/C33H46BrN3O5S/c1-6-11-12-19-35(17-7-2)32(41)29-33-20-25(34)28(43-33)26(27(33)31(40)37(29)22(9-4)21-38)30(39)36(18-8-3)23-13-15-24(16-14-23)42-10-5/h7-8,13-16,22,25-29,38H,2-3,6,9-12,17-21H2,1,4-5H3/t22-,25?,26+,27-,28+,29?,33?/m0/s1. The summed E-state index contributed by atoms with van der Waals surface area (Å²) in [5.74, 6) is -1.06. The highest BCUT2D eigenvalue weighted by Gasteiger charge is 2.76. The van der Waals surface area contributed by atoms with E-state index in [-0.39, 0.29) is 41.0 Å². The highest BCUT2D eigenvalue weighted by Crippen LogP contribution is 2.68. The van der Waals surface area contributed by atoms with E-state index in [1.807, 2.05) is 43.0 Å². The number of ether oxygens (including phenoxy) is 1. The zero-order chi connectivity index (χ0) is 31.3. The number of likely N-dealkylation sites (tertiary alicyclic amines) is 1. The van der Waals surface area contributed by atoms with Crippen LogP contribution in [0.2, 0.25) is 0 Å². The number of aliphatic hydroxyl groups is 1. The Morgan fingerprint density at radius 2 is 1.86 bits per heavy atom. The molecule has 4 rings (SSSR count). The molecular formula is C33H46BrN3O5S. The zero-order valence-corrected chi connectivity index (χ0v) is 28.0. The molecule has 8 nitrogen and oxygen atoms in total. The number of thioether (sulfide) groups is 1. The molecule has 1 aromatic rings. The maximum atomic E-state index is 14.6. The van der Waals surface area contributed by atoms with Gasteiger partial charge in [-0.25, -0.2) is 0 Å². The summed E-state index contributed by atoms with van der Waals surface area (Å²) in [4.78, 5) is 48.7. The molecule has 1 aromatic carbocycles. The van der Waals surface area contributed by atoms with Gasteiger partial charge in [0.2, 0.25) is 17.7 Å². The molecule has 1 N–H and O–H groups in total. The number of alkyl halides is 1. The topological polar surface area (TPSA) is 90.4 Å². The van der Waals surface area contributed by atoms with E-state index < -0.39 is 28.7 Å². The number of fused-ring (bicyclic) bond motifs is 1. The SMILES string of the molecule is C=CCN(CCCCC)C(=O)C1N([C@@H](CC)CO)C(=O)[C@@H]2[C@@H](C(=O)N(CC=C)c3ccc(OCC)cc3)[C@@H]3SC12CC3Br. The summed E-state index contributed by atoms with van der Waals surface area (Å²) in [5.41, 5.74) is 0.700. The van der Waals surface area contributed by atoms with Crippen molar-refractivity contribution in [2.45, 2.75) is 79.8 Å². The van der Waals surface area contributed by atoms with Gasteiger partial charge in [0.15, 0.2) is 0 Å². The van der Waals surface area contributed by atoms with Gasteiger partial charge >= 0.3 is 0 Å². The number of amides is 3. The van der Waals surface area contributed by atoms with Crippen LogP contribution in [0.15, 0.2) is 49.6 Å². The smallest absolute Gasteiger partial charge is 0.247 e. The zero-order valence-electron chi connectivity index (χ0n) is 25.6. The summed E-state index contributed by atoms with van der Waals surface area (Å²) in [6.45, 7) is 15.3. The normalized spacial score (nSPS) is 28.0. The number of hydrogen-bond acceptors (Lipinski definition) is 6. The third kappa shape index (κ3) is 6.16. The molecule has 0 saturated carbocycles. The van der Waals surface area contributed by atoms with E-state index in [1.54, 1.807) is 33.7 Å². The van der Waals surface area contributed by atoms with E-state index >= 15 is 0 Å². The second-order valence-corrected chi connectivity index (χ2v) is 14.3. The number of benzene rings is 1. The summed E-state index contributed by atoms with van der Waals surface area (Å²) in [5, 5.41) is 10.2.